The monoisotopic (exact) mass is 320 g/mol. The van der Waals surface area contributed by atoms with Crippen molar-refractivity contribution in [3.63, 3.8) is 0 Å². The highest BCUT2D eigenvalue weighted by atomic mass is 79.9. The summed E-state index contributed by atoms with van der Waals surface area (Å²) >= 11 is 3.27. The van der Waals surface area contributed by atoms with Crippen LogP contribution in [0.25, 0.3) is 0 Å². The van der Waals surface area contributed by atoms with Gasteiger partial charge in [0, 0.05) is 18.2 Å². The Balaban J connectivity index is 2.80. The third-order valence-electron chi connectivity index (χ3n) is 2.17. The van der Waals surface area contributed by atoms with Crippen LogP contribution in [0, 0.1) is 0 Å². The number of hydrogen-bond donors (Lipinski definition) is 0. The van der Waals surface area contributed by atoms with Crippen LogP contribution < -0.4 is 4.74 Å². The highest BCUT2D eigenvalue weighted by molar-refractivity contribution is 9.10. The van der Waals surface area contributed by atoms with E-state index in [1.165, 1.54) is 7.11 Å². The maximum atomic E-state index is 11.7. The predicted molar refractivity (Wildman–Crippen MR) is 69.4 cm³/mol. The molecule has 1 rings (SSSR count). The molecule has 0 radical (unpaired) electrons. The Morgan fingerprint density at radius 1 is 1.41 bits per heavy atom. The molecule has 0 amide bonds. The van der Waals surface area contributed by atoms with Crippen molar-refractivity contribution in [1.29, 1.82) is 0 Å². The van der Waals surface area contributed by atoms with E-state index in [-0.39, 0.29) is 18.0 Å². The molecule has 0 bridgehead atoms. The van der Waals surface area contributed by atoms with Crippen molar-refractivity contribution in [3.05, 3.63) is 28.2 Å². The van der Waals surface area contributed by atoms with Gasteiger partial charge >= 0.3 is 0 Å². The molecular weight excluding hydrogens is 308 g/mol. The largest absolute Gasteiger partial charge is 0.496 e. The molecular formula is C11H13BrO4S. The molecule has 0 heterocycles. The summed E-state index contributed by atoms with van der Waals surface area (Å²) in [6, 6.07) is 4.91. The van der Waals surface area contributed by atoms with Crippen LogP contribution in [0.5, 0.6) is 5.75 Å². The number of ketones is 1. The first-order valence-corrected chi connectivity index (χ1v) is 7.73. The molecule has 0 aromatic heterocycles. The predicted octanol–water partition coefficient (Wildman–Crippen LogP) is 2.08. The zero-order chi connectivity index (χ0) is 13.1. The number of sulfone groups is 1. The summed E-state index contributed by atoms with van der Waals surface area (Å²) < 4.78 is 27.6. The van der Waals surface area contributed by atoms with Crippen molar-refractivity contribution in [1.82, 2.24) is 0 Å². The lowest BCUT2D eigenvalue weighted by molar-refractivity contribution is 0.0988. The van der Waals surface area contributed by atoms with Crippen molar-refractivity contribution in [2.75, 3.05) is 19.1 Å². The van der Waals surface area contributed by atoms with Crippen LogP contribution in [0.4, 0.5) is 0 Å². The standard InChI is InChI=1S/C11H13BrO4S/c1-16-11-4-3-8(7-9(11)12)10(13)5-6-17(2,14)15/h3-4,7H,5-6H2,1-2H3. The summed E-state index contributed by atoms with van der Waals surface area (Å²) in [6.45, 7) is 0. The summed E-state index contributed by atoms with van der Waals surface area (Å²) in [4.78, 5) is 11.7. The number of methoxy groups -OCH3 is 1. The van der Waals surface area contributed by atoms with Gasteiger partial charge in [-0.2, -0.15) is 0 Å². The van der Waals surface area contributed by atoms with Crippen LogP contribution in [0.2, 0.25) is 0 Å². The second-order valence-corrected chi connectivity index (χ2v) is 6.77. The van der Waals surface area contributed by atoms with E-state index in [0.717, 1.165) is 6.26 Å². The van der Waals surface area contributed by atoms with E-state index in [2.05, 4.69) is 15.9 Å². The number of halogens is 1. The molecule has 0 saturated carbocycles. The molecule has 0 aliphatic heterocycles. The third kappa shape index (κ3) is 4.47. The Bertz CT molecular complexity index is 522. The van der Waals surface area contributed by atoms with Crippen LogP contribution in [0.3, 0.4) is 0 Å². The molecule has 0 atom stereocenters. The second kappa shape index (κ2) is 5.64. The molecule has 0 spiro atoms. The Morgan fingerprint density at radius 3 is 2.53 bits per heavy atom. The molecule has 0 unspecified atom stereocenters. The molecule has 0 N–H and O–H groups in total. The second-order valence-electron chi connectivity index (χ2n) is 3.65. The van der Waals surface area contributed by atoms with E-state index in [1.54, 1.807) is 18.2 Å². The Labute approximate surface area is 109 Å². The number of benzene rings is 1. The quantitative estimate of drug-likeness (QED) is 0.779. The van der Waals surface area contributed by atoms with Crippen LogP contribution >= 0.6 is 15.9 Å². The topological polar surface area (TPSA) is 60.4 Å². The van der Waals surface area contributed by atoms with Crippen LogP contribution in [-0.2, 0) is 9.84 Å². The first kappa shape index (κ1) is 14.2. The fraction of sp³-hybridized carbons (Fsp3) is 0.364. The van der Waals surface area contributed by atoms with Crippen LogP contribution in [0.15, 0.2) is 22.7 Å². The Kier molecular flexibility index (Phi) is 4.70. The van der Waals surface area contributed by atoms with E-state index in [0.29, 0.717) is 15.8 Å². The van der Waals surface area contributed by atoms with Crippen molar-refractivity contribution in [3.8, 4) is 5.75 Å². The van der Waals surface area contributed by atoms with Crippen LogP contribution in [0.1, 0.15) is 16.8 Å². The molecule has 1 aromatic rings. The number of rotatable bonds is 5. The minimum Gasteiger partial charge on any atom is -0.496 e. The van der Waals surface area contributed by atoms with Gasteiger partial charge in [0.2, 0.25) is 0 Å². The molecule has 1 aromatic carbocycles. The van der Waals surface area contributed by atoms with Gasteiger partial charge in [-0.25, -0.2) is 8.42 Å². The van der Waals surface area contributed by atoms with Crippen molar-refractivity contribution >= 4 is 31.6 Å². The van der Waals surface area contributed by atoms with Gasteiger partial charge < -0.3 is 4.74 Å². The lowest BCUT2D eigenvalue weighted by Gasteiger charge is -2.05. The average molecular weight is 321 g/mol. The molecule has 17 heavy (non-hydrogen) atoms. The highest BCUT2D eigenvalue weighted by Crippen LogP contribution is 2.25. The Morgan fingerprint density at radius 2 is 2.06 bits per heavy atom. The van der Waals surface area contributed by atoms with Gasteiger partial charge in [-0.05, 0) is 34.1 Å². The van der Waals surface area contributed by atoms with E-state index < -0.39 is 9.84 Å². The van der Waals surface area contributed by atoms with Crippen LogP contribution in [-0.4, -0.2) is 33.3 Å². The lowest BCUT2D eigenvalue weighted by atomic mass is 10.1. The van der Waals surface area contributed by atoms with Gasteiger partial charge in [0.15, 0.2) is 5.78 Å². The van der Waals surface area contributed by atoms with Gasteiger partial charge in [-0.3, -0.25) is 4.79 Å². The number of Topliss-reactive ketones (excluding diaryl/α,β-unsaturated/α-hetero) is 1. The highest BCUT2D eigenvalue weighted by Gasteiger charge is 2.12. The molecule has 4 nitrogen and oxygen atoms in total. The summed E-state index contributed by atoms with van der Waals surface area (Å²) in [5.41, 5.74) is 0.473. The van der Waals surface area contributed by atoms with E-state index in [4.69, 9.17) is 4.74 Å². The SMILES string of the molecule is COc1ccc(C(=O)CCS(C)(=O)=O)cc1Br. The Hall–Kier alpha value is -0.880. The lowest BCUT2D eigenvalue weighted by Crippen LogP contribution is -2.09. The molecule has 6 heteroatoms. The number of hydrogen-bond acceptors (Lipinski definition) is 4. The van der Waals surface area contributed by atoms with E-state index in [1.807, 2.05) is 0 Å². The fourth-order valence-electron chi connectivity index (χ4n) is 1.26. The fourth-order valence-corrected chi connectivity index (χ4v) is 2.36. The van der Waals surface area contributed by atoms with Crippen molar-refractivity contribution in [2.45, 2.75) is 6.42 Å². The van der Waals surface area contributed by atoms with Gasteiger partial charge in [0.05, 0.1) is 17.3 Å². The molecule has 0 aliphatic rings. The van der Waals surface area contributed by atoms with Gasteiger partial charge in [-0.1, -0.05) is 0 Å². The molecule has 0 aliphatic carbocycles. The maximum Gasteiger partial charge on any atom is 0.163 e. The van der Waals surface area contributed by atoms with E-state index >= 15 is 0 Å². The van der Waals surface area contributed by atoms with Crippen molar-refractivity contribution < 1.29 is 17.9 Å². The first-order chi connectivity index (χ1) is 7.83. The third-order valence-corrected chi connectivity index (χ3v) is 3.74. The zero-order valence-electron chi connectivity index (χ0n) is 9.57. The van der Waals surface area contributed by atoms with Crippen molar-refractivity contribution in [2.24, 2.45) is 0 Å². The zero-order valence-corrected chi connectivity index (χ0v) is 12.0. The molecule has 0 saturated heterocycles. The van der Waals surface area contributed by atoms with Gasteiger partial charge in [0.1, 0.15) is 15.6 Å². The molecule has 0 fully saturated rings. The summed E-state index contributed by atoms with van der Waals surface area (Å²) in [5, 5.41) is 0. The van der Waals surface area contributed by atoms with Gasteiger partial charge in [0.25, 0.3) is 0 Å². The number of carbonyl (C=O) groups is 1. The summed E-state index contributed by atoms with van der Waals surface area (Å²) in [7, 11) is -1.57. The normalized spacial score (nSPS) is 11.2. The molecule has 94 valence electrons. The smallest absolute Gasteiger partial charge is 0.163 e. The average Bonchev–Trinajstić information content (AvgIpc) is 2.24. The van der Waals surface area contributed by atoms with Gasteiger partial charge in [-0.15, -0.1) is 0 Å². The number of ether oxygens (including phenoxy) is 1. The minimum atomic E-state index is -3.11. The summed E-state index contributed by atoms with van der Waals surface area (Å²) in [6.07, 6.45) is 1.11. The minimum absolute atomic E-state index is 0.00238. The first-order valence-electron chi connectivity index (χ1n) is 4.88. The van der Waals surface area contributed by atoms with E-state index in [9.17, 15) is 13.2 Å². The maximum absolute atomic E-state index is 11.7. The summed E-state index contributed by atoms with van der Waals surface area (Å²) in [5.74, 6) is 0.304. The number of carbonyl (C=O) groups excluding carboxylic acids is 1.